The van der Waals surface area contributed by atoms with Crippen molar-refractivity contribution in [3.05, 3.63) is 35.5 Å². The van der Waals surface area contributed by atoms with Gasteiger partial charge in [-0.25, -0.2) is 4.98 Å². The summed E-state index contributed by atoms with van der Waals surface area (Å²) < 4.78 is 6.36. The number of aromatic nitrogens is 1. The van der Waals surface area contributed by atoms with Gasteiger partial charge in [0.15, 0.2) is 0 Å². The quantitative estimate of drug-likeness (QED) is 0.668. The Labute approximate surface area is 213 Å². The molecule has 2 N–H and O–H groups in total. The minimum Gasteiger partial charge on any atom is -0.420 e. The van der Waals surface area contributed by atoms with Crippen molar-refractivity contribution in [3.63, 3.8) is 0 Å². The summed E-state index contributed by atoms with van der Waals surface area (Å²) in [6, 6.07) is 9.03. The molecule has 2 aliphatic heterocycles. The Morgan fingerprint density at radius 1 is 1.17 bits per heavy atom. The number of aryl methyl sites for hydroxylation is 2. The summed E-state index contributed by atoms with van der Waals surface area (Å²) in [4.78, 5) is 32.8. The predicted molar refractivity (Wildman–Crippen MR) is 138 cm³/mol. The number of likely N-dealkylation sites (N-methyl/N-ethyl adjacent to an activating group) is 1. The highest BCUT2D eigenvalue weighted by atomic mass is 16.4. The summed E-state index contributed by atoms with van der Waals surface area (Å²) in [5, 5.41) is 15.8. The van der Waals surface area contributed by atoms with E-state index in [0.29, 0.717) is 31.0 Å². The number of carbonyl (C=O) groups is 2. The maximum absolute atomic E-state index is 13.5. The number of rotatable bonds is 3. The van der Waals surface area contributed by atoms with Gasteiger partial charge in [0.1, 0.15) is 17.8 Å². The van der Waals surface area contributed by atoms with Crippen molar-refractivity contribution in [2.75, 3.05) is 11.9 Å². The van der Waals surface area contributed by atoms with Crippen LogP contribution in [-0.4, -0.2) is 42.0 Å². The average Bonchev–Trinajstić information content (AvgIpc) is 3.42. The Balaban J connectivity index is 1.71. The van der Waals surface area contributed by atoms with Crippen LogP contribution in [0.25, 0.3) is 11.5 Å². The van der Waals surface area contributed by atoms with Gasteiger partial charge in [-0.15, -0.1) is 0 Å². The number of benzene rings is 1. The highest BCUT2D eigenvalue weighted by Gasteiger charge is 2.36. The molecule has 1 fully saturated rings. The van der Waals surface area contributed by atoms with Crippen LogP contribution in [0.2, 0.25) is 0 Å². The molecule has 0 radical (unpaired) electrons. The van der Waals surface area contributed by atoms with Crippen LogP contribution in [0.15, 0.2) is 28.7 Å². The van der Waals surface area contributed by atoms with Crippen molar-refractivity contribution < 1.29 is 14.0 Å². The van der Waals surface area contributed by atoms with Crippen LogP contribution >= 0.6 is 0 Å². The first-order chi connectivity index (χ1) is 17.3. The van der Waals surface area contributed by atoms with Crippen LogP contribution in [0, 0.1) is 30.1 Å². The number of oxazole rings is 1. The molecule has 0 saturated carbocycles. The molecule has 2 aromatic rings. The molecule has 1 saturated heterocycles. The van der Waals surface area contributed by atoms with Crippen LogP contribution in [0.4, 0.5) is 5.88 Å². The van der Waals surface area contributed by atoms with Crippen molar-refractivity contribution in [1.82, 2.24) is 15.6 Å². The molecular formula is C28H37N5O3. The maximum Gasteiger partial charge on any atom is 0.243 e. The second kappa shape index (κ2) is 11.2. The van der Waals surface area contributed by atoms with Gasteiger partial charge in [-0.05, 0) is 63.0 Å². The molecule has 8 nitrogen and oxygen atoms in total. The highest BCUT2D eigenvalue weighted by Crippen LogP contribution is 2.33. The van der Waals surface area contributed by atoms with Gasteiger partial charge in [-0.2, -0.15) is 5.26 Å². The fourth-order valence-electron chi connectivity index (χ4n) is 5.34. The van der Waals surface area contributed by atoms with Crippen LogP contribution < -0.4 is 15.5 Å². The SMILES string of the molecule is Cc1ccccc1-c1nc2c(o1)N(C)[C@@H](CC(C)C)C(=O)N[C@H](C#N)C[C@@H]1C[C@@H](CCCC2)NC1=O. The van der Waals surface area contributed by atoms with Gasteiger partial charge in [0.25, 0.3) is 0 Å². The van der Waals surface area contributed by atoms with Crippen molar-refractivity contribution in [2.24, 2.45) is 11.8 Å². The summed E-state index contributed by atoms with van der Waals surface area (Å²) >= 11 is 0. The normalized spacial score (nSPS) is 25.4. The third kappa shape index (κ3) is 5.72. The fraction of sp³-hybridized carbons (Fsp3) is 0.571. The zero-order valence-electron chi connectivity index (χ0n) is 21.7. The van der Waals surface area contributed by atoms with E-state index in [4.69, 9.17) is 9.40 Å². The molecule has 0 aliphatic carbocycles. The number of amides is 2. The topological polar surface area (TPSA) is 111 Å². The summed E-state index contributed by atoms with van der Waals surface area (Å²) in [6.45, 7) is 6.17. The molecule has 192 valence electrons. The van der Waals surface area contributed by atoms with Crippen LogP contribution in [0.3, 0.4) is 0 Å². The number of fused-ring (bicyclic) bond motifs is 3. The standard InChI is InChI=1S/C28H37N5O3/c1-17(2)13-24-26(35)31-21(16-29)15-19-14-20(30-25(19)34)10-6-8-12-23-28(33(24)4)36-27(32-23)22-11-7-5-9-18(22)3/h5,7,9,11,17,19-21,24H,6,8,10,12-15H2,1-4H3,(H,30,34)(H,31,35)/t19-,20+,21-,24-/m0/s1. The number of hydrogen-bond donors (Lipinski definition) is 2. The van der Waals surface area contributed by atoms with Crippen molar-refractivity contribution in [1.29, 1.82) is 5.26 Å². The van der Waals surface area contributed by atoms with E-state index in [1.165, 1.54) is 0 Å². The van der Waals surface area contributed by atoms with E-state index in [1.807, 2.05) is 43.1 Å². The van der Waals surface area contributed by atoms with Gasteiger partial charge in [0.2, 0.25) is 23.6 Å². The molecule has 1 aromatic heterocycles. The largest absolute Gasteiger partial charge is 0.420 e. The van der Waals surface area contributed by atoms with Gasteiger partial charge in [-0.1, -0.05) is 38.5 Å². The molecule has 2 amide bonds. The number of nitrogens with zero attached hydrogens (tertiary/aromatic N) is 3. The Morgan fingerprint density at radius 2 is 1.94 bits per heavy atom. The molecule has 2 bridgehead atoms. The van der Waals surface area contributed by atoms with Gasteiger partial charge < -0.3 is 20.0 Å². The van der Waals surface area contributed by atoms with E-state index in [2.05, 4.69) is 30.6 Å². The molecule has 1 aromatic carbocycles. The second-order valence-corrected chi connectivity index (χ2v) is 10.7. The third-order valence-electron chi connectivity index (χ3n) is 7.33. The van der Waals surface area contributed by atoms with Crippen LogP contribution in [0.1, 0.15) is 63.6 Å². The molecule has 0 spiro atoms. The summed E-state index contributed by atoms with van der Waals surface area (Å²) in [6.07, 6.45) is 5.07. The Kier molecular flexibility index (Phi) is 7.97. The molecular weight excluding hydrogens is 454 g/mol. The Bertz CT molecular complexity index is 1130. The monoisotopic (exact) mass is 491 g/mol. The van der Waals surface area contributed by atoms with E-state index in [1.54, 1.807) is 0 Å². The molecule has 2 aliphatic rings. The smallest absolute Gasteiger partial charge is 0.243 e. The third-order valence-corrected chi connectivity index (χ3v) is 7.33. The van der Waals surface area contributed by atoms with Crippen LogP contribution in [-0.2, 0) is 16.0 Å². The van der Waals surface area contributed by atoms with Gasteiger partial charge in [0, 0.05) is 24.6 Å². The van der Waals surface area contributed by atoms with E-state index in [-0.39, 0.29) is 29.7 Å². The lowest BCUT2D eigenvalue weighted by Gasteiger charge is -2.29. The minimum atomic E-state index is -0.725. The predicted octanol–water partition coefficient (Wildman–Crippen LogP) is 4.13. The number of nitrogens with one attached hydrogen (secondary N) is 2. The van der Waals surface area contributed by atoms with E-state index in [0.717, 1.165) is 42.5 Å². The minimum absolute atomic E-state index is 0.0147. The number of hydrogen-bond acceptors (Lipinski definition) is 6. The summed E-state index contributed by atoms with van der Waals surface area (Å²) in [5.41, 5.74) is 2.83. The molecule has 4 atom stereocenters. The van der Waals surface area contributed by atoms with E-state index >= 15 is 0 Å². The number of anilines is 1. The lowest BCUT2D eigenvalue weighted by molar-refractivity contribution is -0.125. The molecule has 3 heterocycles. The lowest BCUT2D eigenvalue weighted by Crippen LogP contribution is -2.49. The van der Waals surface area contributed by atoms with Crippen LogP contribution in [0.5, 0.6) is 0 Å². The van der Waals surface area contributed by atoms with E-state index in [9.17, 15) is 14.9 Å². The Morgan fingerprint density at radius 3 is 2.67 bits per heavy atom. The van der Waals surface area contributed by atoms with Crippen molar-refractivity contribution in [3.8, 4) is 17.5 Å². The first-order valence-corrected chi connectivity index (χ1v) is 13.1. The van der Waals surface area contributed by atoms with E-state index < -0.39 is 12.1 Å². The molecule has 4 rings (SSSR count). The summed E-state index contributed by atoms with van der Waals surface area (Å²) in [7, 11) is 1.87. The number of carbonyl (C=O) groups excluding carboxylic acids is 2. The first-order valence-electron chi connectivity index (χ1n) is 13.1. The average molecular weight is 492 g/mol. The molecule has 0 unspecified atom stereocenters. The van der Waals surface area contributed by atoms with Gasteiger partial charge in [-0.3, -0.25) is 9.59 Å². The fourth-order valence-corrected chi connectivity index (χ4v) is 5.34. The maximum atomic E-state index is 13.5. The molecule has 36 heavy (non-hydrogen) atoms. The first kappa shape index (κ1) is 25.7. The van der Waals surface area contributed by atoms with Gasteiger partial charge in [0.05, 0.1) is 6.07 Å². The van der Waals surface area contributed by atoms with Gasteiger partial charge >= 0.3 is 0 Å². The highest BCUT2D eigenvalue weighted by molar-refractivity contribution is 5.86. The molecule has 8 heteroatoms. The summed E-state index contributed by atoms with van der Waals surface area (Å²) in [5.74, 6) is 0.901. The zero-order valence-corrected chi connectivity index (χ0v) is 21.7. The van der Waals surface area contributed by atoms with Crippen molar-refractivity contribution >= 4 is 17.7 Å². The number of nitriles is 1. The van der Waals surface area contributed by atoms with Crippen molar-refractivity contribution in [2.45, 2.75) is 83.8 Å². The lowest BCUT2D eigenvalue weighted by atomic mass is 9.94. The zero-order chi connectivity index (χ0) is 25.8. The second-order valence-electron chi connectivity index (χ2n) is 10.7. The Hall–Kier alpha value is -3.34.